The third-order valence-electron chi connectivity index (χ3n) is 6.62. The van der Waals surface area contributed by atoms with Gasteiger partial charge in [-0.25, -0.2) is 8.42 Å². The van der Waals surface area contributed by atoms with Crippen molar-refractivity contribution in [3.05, 3.63) is 94.5 Å². The van der Waals surface area contributed by atoms with Crippen LogP contribution in [0.15, 0.2) is 77.7 Å². The van der Waals surface area contributed by atoms with Crippen LogP contribution < -0.4 is 9.62 Å². The van der Waals surface area contributed by atoms with Crippen LogP contribution in [0.1, 0.15) is 43.9 Å². The number of hydrogen-bond acceptors (Lipinski definition) is 4. The zero-order valence-electron chi connectivity index (χ0n) is 23.0. The lowest BCUT2D eigenvalue weighted by Crippen LogP contribution is -2.52. The van der Waals surface area contributed by atoms with E-state index in [1.807, 2.05) is 33.8 Å². The molecular weight excluding hydrogens is 534 g/mol. The molecule has 0 aliphatic rings. The predicted octanol–water partition coefficient (Wildman–Crippen LogP) is 5.48. The second-order valence-electron chi connectivity index (χ2n) is 9.81. The summed E-state index contributed by atoms with van der Waals surface area (Å²) in [6, 6.07) is 19.5. The number of nitrogens with one attached hydrogen (secondary N) is 1. The normalized spacial score (nSPS) is 12.9. The van der Waals surface area contributed by atoms with Crippen molar-refractivity contribution in [2.45, 2.75) is 64.6 Å². The highest BCUT2D eigenvalue weighted by Crippen LogP contribution is 2.25. The van der Waals surface area contributed by atoms with E-state index in [4.69, 9.17) is 11.6 Å². The number of hydrogen-bond donors (Lipinski definition) is 1. The van der Waals surface area contributed by atoms with Crippen molar-refractivity contribution in [2.24, 2.45) is 0 Å². The molecule has 1 N–H and O–H groups in total. The standard InChI is InChI=1S/C30H36ClN3O4S/c1-6-23(4)32-30(36)24(5)33(19-25-8-7-9-26(31)18-25)29(35)20-34(27-14-10-21(2)11-15-27)39(37,38)28-16-12-22(3)13-17-28/h7-18,23-24H,6,19-20H2,1-5H3,(H,32,36)/t23-,24+/m1/s1. The molecule has 0 spiro atoms. The van der Waals surface area contributed by atoms with E-state index in [-0.39, 0.29) is 23.4 Å². The van der Waals surface area contributed by atoms with E-state index in [0.717, 1.165) is 27.4 Å². The molecule has 3 aromatic carbocycles. The molecule has 0 aliphatic carbocycles. The minimum absolute atomic E-state index is 0.0745. The first kappa shape index (κ1) is 30.2. The third-order valence-corrected chi connectivity index (χ3v) is 8.64. The smallest absolute Gasteiger partial charge is 0.264 e. The van der Waals surface area contributed by atoms with Crippen LogP contribution in [0.5, 0.6) is 0 Å². The second-order valence-corrected chi connectivity index (χ2v) is 12.1. The van der Waals surface area contributed by atoms with Crippen molar-refractivity contribution < 1.29 is 18.0 Å². The average molecular weight is 570 g/mol. The Morgan fingerprint density at radius 1 is 0.923 bits per heavy atom. The molecule has 7 nitrogen and oxygen atoms in total. The second kappa shape index (κ2) is 13.1. The molecule has 0 saturated heterocycles. The van der Waals surface area contributed by atoms with Crippen LogP contribution in [-0.4, -0.2) is 43.8 Å². The number of amides is 2. The Morgan fingerprint density at radius 2 is 1.51 bits per heavy atom. The lowest BCUT2D eigenvalue weighted by molar-refractivity contribution is -0.139. The monoisotopic (exact) mass is 569 g/mol. The van der Waals surface area contributed by atoms with Crippen LogP contribution in [0.3, 0.4) is 0 Å². The molecule has 0 radical (unpaired) electrons. The minimum atomic E-state index is -4.10. The van der Waals surface area contributed by atoms with E-state index in [1.54, 1.807) is 61.5 Å². The molecule has 0 unspecified atom stereocenters. The van der Waals surface area contributed by atoms with Crippen LogP contribution in [-0.2, 0) is 26.2 Å². The Hall–Kier alpha value is -3.36. The molecule has 2 atom stereocenters. The SMILES string of the molecule is CC[C@@H](C)NC(=O)[C@H](C)N(Cc1cccc(Cl)c1)C(=O)CN(c1ccc(C)cc1)S(=O)(=O)c1ccc(C)cc1. The number of carbonyl (C=O) groups is 2. The van der Waals surface area contributed by atoms with Gasteiger partial charge in [0.15, 0.2) is 0 Å². The summed E-state index contributed by atoms with van der Waals surface area (Å²) < 4.78 is 28.8. The summed E-state index contributed by atoms with van der Waals surface area (Å²) in [6.07, 6.45) is 0.733. The lowest BCUT2D eigenvalue weighted by Gasteiger charge is -2.32. The van der Waals surface area contributed by atoms with Crippen molar-refractivity contribution in [3.8, 4) is 0 Å². The van der Waals surface area contributed by atoms with Gasteiger partial charge in [-0.05, 0) is 76.1 Å². The van der Waals surface area contributed by atoms with Crippen molar-refractivity contribution in [1.82, 2.24) is 10.2 Å². The molecule has 2 amide bonds. The molecule has 0 bridgehead atoms. The molecule has 0 saturated carbocycles. The Balaban J connectivity index is 2.02. The molecule has 0 fully saturated rings. The van der Waals surface area contributed by atoms with Gasteiger partial charge >= 0.3 is 0 Å². The first-order valence-electron chi connectivity index (χ1n) is 12.9. The number of nitrogens with zero attached hydrogens (tertiary/aromatic N) is 2. The summed E-state index contributed by atoms with van der Waals surface area (Å²) in [6.45, 7) is 8.86. The van der Waals surface area contributed by atoms with Gasteiger partial charge in [0.1, 0.15) is 12.6 Å². The molecule has 0 heterocycles. The molecule has 3 rings (SSSR count). The molecule has 0 aromatic heterocycles. The highest BCUT2D eigenvalue weighted by atomic mass is 35.5. The molecule has 0 aliphatic heterocycles. The Morgan fingerprint density at radius 3 is 2.08 bits per heavy atom. The average Bonchev–Trinajstić information content (AvgIpc) is 2.90. The Bertz CT molecular complexity index is 1390. The summed E-state index contributed by atoms with van der Waals surface area (Å²) in [5.74, 6) is -0.832. The summed E-state index contributed by atoms with van der Waals surface area (Å²) in [7, 11) is -4.10. The lowest BCUT2D eigenvalue weighted by atomic mass is 10.1. The topological polar surface area (TPSA) is 86.8 Å². The number of benzene rings is 3. The molecular formula is C30H36ClN3O4S. The molecule has 3 aromatic rings. The largest absolute Gasteiger partial charge is 0.352 e. The highest BCUT2D eigenvalue weighted by Gasteiger charge is 2.32. The fourth-order valence-corrected chi connectivity index (χ4v) is 5.58. The first-order valence-corrected chi connectivity index (χ1v) is 14.7. The summed E-state index contributed by atoms with van der Waals surface area (Å²) in [5, 5.41) is 3.42. The van der Waals surface area contributed by atoms with Crippen LogP contribution in [0.2, 0.25) is 5.02 Å². The van der Waals surface area contributed by atoms with E-state index in [0.29, 0.717) is 10.7 Å². The molecule has 39 heavy (non-hydrogen) atoms. The number of carbonyl (C=O) groups excluding carboxylic acids is 2. The predicted molar refractivity (Wildman–Crippen MR) is 156 cm³/mol. The van der Waals surface area contributed by atoms with Gasteiger partial charge in [-0.3, -0.25) is 13.9 Å². The summed E-state index contributed by atoms with van der Waals surface area (Å²) in [4.78, 5) is 28.5. The van der Waals surface area contributed by atoms with Gasteiger partial charge in [0.25, 0.3) is 10.0 Å². The van der Waals surface area contributed by atoms with E-state index in [9.17, 15) is 18.0 Å². The first-order chi connectivity index (χ1) is 18.4. The number of rotatable bonds is 11. The summed E-state index contributed by atoms with van der Waals surface area (Å²) in [5.41, 5.74) is 2.95. The zero-order valence-corrected chi connectivity index (χ0v) is 24.6. The van der Waals surface area contributed by atoms with E-state index >= 15 is 0 Å². The van der Waals surface area contributed by atoms with Crippen molar-refractivity contribution in [3.63, 3.8) is 0 Å². The summed E-state index contributed by atoms with van der Waals surface area (Å²) >= 11 is 6.18. The minimum Gasteiger partial charge on any atom is -0.352 e. The maximum absolute atomic E-state index is 13.9. The third kappa shape index (κ3) is 7.83. The number of sulfonamides is 1. The van der Waals surface area contributed by atoms with Gasteiger partial charge in [-0.2, -0.15) is 0 Å². The zero-order chi connectivity index (χ0) is 28.7. The van der Waals surface area contributed by atoms with Gasteiger partial charge in [0.05, 0.1) is 10.6 Å². The number of aryl methyl sites for hydroxylation is 2. The Labute approximate surface area is 236 Å². The van der Waals surface area contributed by atoms with Gasteiger partial charge in [0.2, 0.25) is 11.8 Å². The quantitative estimate of drug-likeness (QED) is 0.331. The fourth-order valence-electron chi connectivity index (χ4n) is 3.96. The number of halogens is 1. The van der Waals surface area contributed by atoms with Gasteiger partial charge in [0, 0.05) is 17.6 Å². The molecule has 208 valence electrons. The van der Waals surface area contributed by atoms with Gasteiger partial charge in [-0.15, -0.1) is 0 Å². The fraction of sp³-hybridized carbons (Fsp3) is 0.333. The maximum atomic E-state index is 13.9. The van der Waals surface area contributed by atoms with Crippen molar-refractivity contribution in [1.29, 1.82) is 0 Å². The number of anilines is 1. The van der Waals surface area contributed by atoms with E-state index in [1.165, 1.54) is 17.0 Å². The van der Waals surface area contributed by atoms with E-state index < -0.39 is 28.5 Å². The van der Waals surface area contributed by atoms with Gasteiger partial charge in [-0.1, -0.05) is 66.0 Å². The van der Waals surface area contributed by atoms with Crippen molar-refractivity contribution in [2.75, 3.05) is 10.8 Å². The van der Waals surface area contributed by atoms with Crippen LogP contribution in [0.25, 0.3) is 0 Å². The van der Waals surface area contributed by atoms with Crippen LogP contribution >= 0.6 is 11.6 Å². The Kier molecular flexibility index (Phi) is 10.2. The van der Waals surface area contributed by atoms with Gasteiger partial charge < -0.3 is 10.2 Å². The van der Waals surface area contributed by atoms with E-state index in [2.05, 4.69) is 5.32 Å². The van der Waals surface area contributed by atoms with Crippen LogP contribution in [0, 0.1) is 13.8 Å². The molecule has 9 heteroatoms. The van der Waals surface area contributed by atoms with Crippen LogP contribution in [0.4, 0.5) is 5.69 Å². The highest BCUT2D eigenvalue weighted by molar-refractivity contribution is 7.92. The maximum Gasteiger partial charge on any atom is 0.264 e. The van der Waals surface area contributed by atoms with Crippen molar-refractivity contribution >= 4 is 39.1 Å².